The number of nitrogens with one attached hydrogen (secondary N) is 1. The summed E-state index contributed by atoms with van der Waals surface area (Å²) in [5, 5.41) is 2.94. The number of likely N-dealkylation sites (tertiary alicyclic amines) is 1. The quantitative estimate of drug-likeness (QED) is 0.607. The molecule has 0 bridgehead atoms. The largest absolute Gasteiger partial charge is 0.497 e. The molecule has 166 valence electrons. The number of amides is 1. The highest BCUT2D eigenvalue weighted by atomic mass is 16.5. The second-order valence-corrected chi connectivity index (χ2v) is 8.61. The van der Waals surface area contributed by atoms with Gasteiger partial charge in [0.2, 0.25) is 5.91 Å². The van der Waals surface area contributed by atoms with E-state index in [1.807, 2.05) is 24.4 Å². The normalized spacial score (nSPS) is 15.8. The fourth-order valence-electron chi connectivity index (χ4n) is 4.70. The number of piperidine rings is 1. The Morgan fingerprint density at radius 2 is 1.78 bits per heavy atom. The molecule has 0 radical (unpaired) electrons. The van der Waals surface area contributed by atoms with Gasteiger partial charge in [-0.2, -0.15) is 0 Å². The summed E-state index contributed by atoms with van der Waals surface area (Å²) < 4.78 is 5.36. The molecule has 1 N–H and O–H groups in total. The van der Waals surface area contributed by atoms with E-state index >= 15 is 0 Å². The van der Waals surface area contributed by atoms with Crippen molar-refractivity contribution in [2.45, 2.75) is 25.8 Å². The van der Waals surface area contributed by atoms with Crippen LogP contribution >= 0.6 is 0 Å². The zero-order chi connectivity index (χ0) is 22.4. The number of carbonyl (C=O) groups is 1. The Hall–Kier alpha value is -3.18. The second-order valence-electron chi connectivity index (χ2n) is 8.61. The van der Waals surface area contributed by atoms with E-state index < -0.39 is 0 Å². The van der Waals surface area contributed by atoms with Gasteiger partial charge in [0.15, 0.2) is 0 Å². The average molecular weight is 430 g/mol. The summed E-state index contributed by atoms with van der Waals surface area (Å²) in [6.45, 7) is 2.66. The molecule has 3 aromatic rings. The molecule has 2 heterocycles. The summed E-state index contributed by atoms with van der Waals surface area (Å²) in [6.07, 6.45) is 6.09. The fraction of sp³-hybridized carbons (Fsp3) is 0.333. The SMILES string of the molecule is CNC(=O)C1(Cc2cccc(-c3cccnc3)c2)CCN(Cc2cccc(OC)c2)CC1. The van der Waals surface area contributed by atoms with Crippen molar-refractivity contribution in [2.75, 3.05) is 27.2 Å². The van der Waals surface area contributed by atoms with Gasteiger partial charge in [0.1, 0.15) is 5.75 Å². The van der Waals surface area contributed by atoms with Crippen LogP contribution in [0.3, 0.4) is 0 Å². The average Bonchev–Trinajstić information content (AvgIpc) is 2.85. The van der Waals surface area contributed by atoms with Gasteiger partial charge in [-0.3, -0.25) is 14.7 Å². The molecule has 1 aliphatic heterocycles. The highest BCUT2D eigenvalue weighted by Crippen LogP contribution is 2.37. The number of methoxy groups -OCH3 is 1. The minimum atomic E-state index is -0.382. The molecule has 1 aliphatic rings. The number of carbonyl (C=O) groups excluding carboxylic acids is 1. The number of benzene rings is 2. The van der Waals surface area contributed by atoms with Crippen LogP contribution in [0.1, 0.15) is 24.0 Å². The topological polar surface area (TPSA) is 54.5 Å². The highest BCUT2D eigenvalue weighted by molar-refractivity contribution is 5.83. The van der Waals surface area contributed by atoms with Crippen LogP contribution in [0.15, 0.2) is 73.1 Å². The van der Waals surface area contributed by atoms with Crippen LogP contribution in [-0.2, 0) is 17.8 Å². The monoisotopic (exact) mass is 429 g/mol. The maximum absolute atomic E-state index is 13.0. The molecule has 5 nitrogen and oxygen atoms in total. The van der Waals surface area contributed by atoms with Crippen molar-refractivity contribution in [3.05, 3.63) is 84.2 Å². The molecule has 1 saturated heterocycles. The Morgan fingerprint density at radius 1 is 1.03 bits per heavy atom. The Balaban J connectivity index is 1.48. The molecule has 0 atom stereocenters. The van der Waals surface area contributed by atoms with E-state index in [0.29, 0.717) is 0 Å². The second kappa shape index (κ2) is 9.96. The lowest BCUT2D eigenvalue weighted by atomic mass is 9.72. The molecular formula is C27H31N3O2. The number of rotatable bonds is 7. The lowest BCUT2D eigenvalue weighted by molar-refractivity contribution is -0.133. The van der Waals surface area contributed by atoms with Gasteiger partial charge in [0.05, 0.1) is 12.5 Å². The number of hydrogen-bond donors (Lipinski definition) is 1. The smallest absolute Gasteiger partial charge is 0.226 e. The van der Waals surface area contributed by atoms with Crippen molar-refractivity contribution in [3.8, 4) is 16.9 Å². The number of pyridine rings is 1. The van der Waals surface area contributed by atoms with Crippen molar-refractivity contribution in [1.82, 2.24) is 15.2 Å². The minimum absolute atomic E-state index is 0.144. The first kappa shape index (κ1) is 22.0. The van der Waals surface area contributed by atoms with Gasteiger partial charge in [0.25, 0.3) is 0 Å². The maximum Gasteiger partial charge on any atom is 0.226 e. The van der Waals surface area contributed by atoms with E-state index in [2.05, 4.69) is 57.7 Å². The van der Waals surface area contributed by atoms with E-state index in [1.54, 1.807) is 20.4 Å². The third-order valence-corrected chi connectivity index (χ3v) is 6.53. The van der Waals surface area contributed by atoms with Crippen LogP contribution in [0, 0.1) is 5.41 Å². The van der Waals surface area contributed by atoms with Gasteiger partial charge in [-0.05, 0) is 72.8 Å². The summed E-state index contributed by atoms with van der Waals surface area (Å²) in [7, 11) is 3.44. The molecule has 32 heavy (non-hydrogen) atoms. The summed E-state index contributed by atoms with van der Waals surface area (Å²) >= 11 is 0. The summed E-state index contributed by atoms with van der Waals surface area (Å²) in [6, 6.07) is 20.7. The fourth-order valence-corrected chi connectivity index (χ4v) is 4.70. The predicted molar refractivity (Wildman–Crippen MR) is 127 cm³/mol. The van der Waals surface area contributed by atoms with Crippen molar-refractivity contribution in [1.29, 1.82) is 0 Å². The van der Waals surface area contributed by atoms with E-state index in [0.717, 1.165) is 55.8 Å². The molecule has 0 unspecified atom stereocenters. The minimum Gasteiger partial charge on any atom is -0.497 e. The Labute approximate surface area is 190 Å². The summed E-state index contributed by atoms with van der Waals surface area (Å²) in [5.41, 5.74) is 4.28. The molecule has 0 aliphatic carbocycles. The maximum atomic E-state index is 13.0. The Kier molecular flexibility index (Phi) is 6.86. The van der Waals surface area contributed by atoms with Crippen molar-refractivity contribution in [2.24, 2.45) is 5.41 Å². The van der Waals surface area contributed by atoms with Gasteiger partial charge < -0.3 is 10.1 Å². The van der Waals surface area contributed by atoms with E-state index in [-0.39, 0.29) is 11.3 Å². The summed E-state index contributed by atoms with van der Waals surface area (Å²) in [5.74, 6) is 1.03. The molecule has 0 saturated carbocycles. The molecule has 0 spiro atoms. The Morgan fingerprint density at radius 3 is 2.50 bits per heavy atom. The Bertz CT molecular complexity index is 1040. The van der Waals surface area contributed by atoms with Crippen LogP contribution in [0.25, 0.3) is 11.1 Å². The van der Waals surface area contributed by atoms with Crippen molar-refractivity contribution < 1.29 is 9.53 Å². The van der Waals surface area contributed by atoms with Crippen LogP contribution in [-0.4, -0.2) is 43.0 Å². The lowest BCUT2D eigenvalue weighted by Gasteiger charge is -2.40. The first-order valence-corrected chi connectivity index (χ1v) is 11.2. The van der Waals surface area contributed by atoms with Gasteiger partial charge in [0, 0.05) is 26.0 Å². The molecule has 1 fully saturated rings. The van der Waals surface area contributed by atoms with Crippen LogP contribution in [0.5, 0.6) is 5.75 Å². The van der Waals surface area contributed by atoms with Crippen LogP contribution in [0.2, 0.25) is 0 Å². The molecule has 5 heteroatoms. The van der Waals surface area contributed by atoms with Gasteiger partial charge >= 0.3 is 0 Å². The predicted octanol–water partition coefficient (Wildman–Crippen LogP) is 4.33. The van der Waals surface area contributed by atoms with E-state index in [1.165, 1.54) is 11.1 Å². The third-order valence-electron chi connectivity index (χ3n) is 6.53. The standard InChI is InChI=1S/C27H31N3O2/c1-28-26(31)27(18-21-6-3-8-23(16-21)24-9-5-13-29-19-24)11-14-30(15-12-27)20-22-7-4-10-25(17-22)32-2/h3-10,13,16-17,19H,11-12,14-15,18,20H2,1-2H3,(H,28,31). The number of aromatic nitrogens is 1. The molecule has 4 rings (SSSR count). The van der Waals surface area contributed by atoms with E-state index in [9.17, 15) is 4.79 Å². The lowest BCUT2D eigenvalue weighted by Crippen LogP contribution is -2.49. The zero-order valence-electron chi connectivity index (χ0n) is 18.9. The number of hydrogen-bond acceptors (Lipinski definition) is 4. The third kappa shape index (κ3) is 5.00. The molecule has 1 aromatic heterocycles. The van der Waals surface area contributed by atoms with Crippen LogP contribution < -0.4 is 10.1 Å². The number of nitrogens with zero attached hydrogens (tertiary/aromatic N) is 2. The first-order chi connectivity index (χ1) is 15.6. The van der Waals surface area contributed by atoms with Crippen molar-refractivity contribution in [3.63, 3.8) is 0 Å². The van der Waals surface area contributed by atoms with Crippen molar-refractivity contribution >= 4 is 5.91 Å². The summed E-state index contributed by atoms with van der Waals surface area (Å²) in [4.78, 5) is 19.7. The molecule has 2 aromatic carbocycles. The van der Waals surface area contributed by atoms with Gasteiger partial charge in [-0.25, -0.2) is 0 Å². The van der Waals surface area contributed by atoms with E-state index in [4.69, 9.17) is 4.74 Å². The molecular weight excluding hydrogens is 398 g/mol. The van der Waals surface area contributed by atoms with Crippen LogP contribution in [0.4, 0.5) is 0 Å². The van der Waals surface area contributed by atoms with Gasteiger partial charge in [-0.15, -0.1) is 0 Å². The first-order valence-electron chi connectivity index (χ1n) is 11.2. The zero-order valence-corrected chi connectivity index (χ0v) is 18.9. The van der Waals surface area contributed by atoms with Gasteiger partial charge in [-0.1, -0.05) is 42.5 Å². The highest BCUT2D eigenvalue weighted by Gasteiger charge is 2.40. The molecule has 1 amide bonds. The number of ether oxygens (including phenoxy) is 1.